The minimum atomic E-state index is 0.135. The van der Waals surface area contributed by atoms with Gasteiger partial charge in [0.15, 0.2) is 5.82 Å². The molecular weight excluding hydrogens is 352 g/mol. The van der Waals surface area contributed by atoms with Gasteiger partial charge >= 0.3 is 0 Å². The Morgan fingerprint density at radius 1 is 1.04 bits per heavy atom. The molecule has 6 heteroatoms. The van der Waals surface area contributed by atoms with Crippen LogP contribution < -0.4 is 9.64 Å². The Labute approximate surface area is 164 Å². The van der Waals surface area contributed by atoms with Gasteiger partial charge in [-0.05, 0) is 11.6 Å². The Morgan fingerprint density at radius 2 is 1.75 bits per heavy atom. The topological polar surface area (TPSA) is 61.5 Å². The molecule has 0 aliphatic carbocycles. The lowest BCUT2D eigenvalue weighted by Crippen LogP contribution is -2.49. The maximum atomic E-state index is 12.7. The number of benzene rings is 2. The van der Waals surface area contributed by atoms with E-state index in [1.807, 2.05) is 47.4 Å². The van der Waals surface area contributed by atoms with Gasteiger partial charge in [-0.2, -0.15) is 5.10 Å². The van der Waals surface area contributed by atoms with E-state index < -0.39 is 0 Å². The van der Waals surface area contributed by atoms with Crippen LogP contribution in [0.3, 0.4) is 0 Å². The molecule has 1 saturated heterocycles. The van der Waals surface area contributed by atoms with E-state index in [9.17, 15) is 4.79 Å². The average Bonchev–Trinajstić information content (AvgIpc) is 3.25. The van der Waals surface area contributed by atoms with Crippen LogP contribution in [0.2, 0.25) is 0 Å². The van der Waals surface area contributed by atoms with E-state index in [4.69, 9.17) is 4.74 Å². The molecule has 1 aromatic heterocycles. The maximum absolute atomic E-state index is 12.7. The van der Waals surface area contributed by atoms with Crippen LogP contribution in [0, 0.1) is 0 Å². The van der Waals surface area contributed by atoms with Crippen LogP contribution in [0.1, 0.15) is 5.56 Å². The molecule has 2 aromatic carbocycles. The Morgan fingerprint density at radius 3 is 2.50 bits per heavy atom. The minimum absolute atomic E-state index is 0.135. The average molecular weight is 376 g/mol. The molecular formula is C22H24N4O2. The number of anilines is 1. The molecule has 0 saturated carbocycles. The van der Waals surface area contributed by atoms with Crippen molar-refractivity contribution in [3.8, 4) is 17.0 Å². The molecule has 1 amide bonds. The second-order valence-electron chi connectivity index (χ2n) is 6.86. The number of hydrogen-bond donors (Lipinski definition) is 1. The Hall–Kier alpha value is -3.28. The SMILES string of the molecule is COc1ccccc1CC(=O)N1CCN(c2cc(-c3ccccc3)[nH]n2)CC1. The number of rotatable bonds is 5. The highest BCUT2D eigenvalue weighted by molar-refractivity contribution is 5.80. The fourth-order valence-corrected chi connectivity index (χ4v) is 3.55. The Balaban J connectivity index is 1.36. The van der Waals surface area contributed by atoms with Gasteiger partial charge in [0.1, 0.15) is 5.75 Å². The van der Waals surface area contributed by atoms with E-state index in [1.54, 1.807) is 7.11 Å². The van der Waals surface area contributed by atoms with Gasteiger partial charge in [0.05, 0.1) is 19.2 Å². The highest BCUT2D eigenvalue weighted by Crippen LogP contribution is 2.23. The predicted molar refractivity (Wildman–Crippen MR) is 110 cm³/mol. The summed E-state index contributed by atoms with van der Waals surface area (Å²) in [5.41, 5.74) is 3.05. The van der Waals surface area contributed by atoms with Gasteiger partial charge in [0, 0.05) is 37.8 Å². The highest BCUT2D eigenvalue weighted by atomic mass is 16.5. The Bertz CT molecular complexity index is 930. The molecule has 2 heterocycles. The summed E-state index contributed by atoms with van der Waals surface area (Å²) in [7, 11) is 1.63. The molecule has 0 radical (unpaired) electrons. The van der Waals surface area contributed by atoms with Crippen molar-refractivity contribution in [1.82, 2.24) is 15.1 Å². The first-order valence-electron chi connectivity index (χ1n) is 9.50. The number of carbonyl (C=O) groups excluding carboxylic acids is 1. The fraction of sp³-hybridized carbons (Fsp3) is 0.273. The zero-order valence-corrected chi connectivity index (χ0v) is 16.0. The standard InChI is InChI=1S/C22H24N4O2/c1-28-20-10-6-5-9-18(20)15-22(27)26-13-11-25(12-14-26)21-16-19(23-24-21)17-7-3-2-4-8-17/h2-10,16H,11-15H2,1H3,(H,23,24). The van der Waals surface area contributed by atoms with Crippen molar-refractivity contribution in [2.75, 3.05) is 38.2 Å². The molecule has 1 aliphatic heterocycles. The molecule has 0 atom stereocenters. The number of H-pyrrole nitrogens is 1. The van der Waals surface area contributed by atoms with Gasteiger partial charge in [-0.25, -0.2) is 0 Å². The van der Waals surface area contributed by atoms with E-state index in [2.05, 4.69) is 33.3 Å². The van der Waals surface area contributed by atoms with Crippen molar-refractivity contribution >= 4 is 11.7 Å². The molecule has 0 unspecified atom stereocenters. The second-order valence-corrected chi connectivity index (χ2v) is 6.86. The van der Waals surface area contributed by atoms with Gasteiger partial charge in [0.2, 0.25) is 5.91 Å². The van der Waals surface area contributed by atoms with Crippen LogP contribution >= 0.6 is 0 Å². The number of carbonyl (C=O) groups is 1. The molecule has 1 N–H and O–H groups in total. The van der Waals surface area contributed by atoms with E-state index >= 15 is 0 Å². The molecule has 1 fully saturated rings. The number of nitrogens with zero attached hydrogens (tertiary/aromatic N) is 3. The largest absolute Gasteiger partial charge is 0.496 e. The van der Waals surface area contributed by atoms with Crippen LogP contribution in [0.25, 0.3) is 11.3 Å². The minimum Gasteiger partial charge on any atom is -0.496 e. The smallest absolute Gasteiger partial charge is 0.227 e. The highest BCUT2D eigenvalue weighted by Gasteiger charge is 2.23. The van der Waals surface area contributed by atoms with Gasteiger partial charge in [-0.3, -0.25) is 9.89 Å². The van der Waals surface area contributed by atoms with Crippen molar-refractivity contribution in [3.05, 3.63) is 66.2 Å². The summed E-state index contributed by atoms with van der Waals surface area (Å²) in [6, 6.07) is 19.9. The number of methoxy groups -OCH3 is 1. The number of amides is 1. The zero-order chi connectivity index (χ0) is 19.3. The summed E-state index contributed by atoms with van der Waals surface area (Å²) >= 11 is 0. The van der Waals surface area contributed by atoms with Crippen LogP contribution in [0.5, 0.6) is 5.75 Å². The summed E-state index contributed by atoms with van der Waals surface area (Å²) in [5, 5.41) is 7.57. The molecule has 0 spiro atoms. The van der Waals surface area contributed by atoms with E-state index in [0.29, 0.717) is 19.5 Å². The number of nitrogens with one attached hydrogen (secondary N) is 1. The van der Waals surface area contributed by atoms with Crippen LogP contribution in [0.4, 0.5) is 5.82 Å². The predicted octanol–water partition coefficient (Wildman–Crippen LogP) is 2.98. The third-order valence-electron chi connectivity index (χ3n) is 5.14. The van der Waals surface area contributed by atoms with Gasteiger partial charge in [-0.1, -0.05) is 48.5 Å². The molecule has 6 nitrogen and oxygen atoms in total. The molecule has 144 valence electrons. The number of para-hydroxylation sites is 1. The summed E-state index contributed by atoms with van der Waals surface area (Å²) in [4.78, 5) is 16.8. The lowest BCUT2D eigenvalue weighted by atomic mass is 10.1. The summed E-state index contributed by atoms with van der Waals surface area (Å²) < 4.78 is 5.36. The van der Waals surface area contributed by atoms with Gasteiger partial charge < -0.3 is 14.5 Å². The van der Waals surface area contributed by atoms with Crippen molar-refractivity contribution in [2.24, 2.45) is 0 Å². The zero-order valence-electron chi connectivity index (χ0n) is 16.0. The Kier molecular flexibility index (Phi) is 5.28. The van der Waals surface area contributed by atoms with E-state index in [1.165, 1.54) is 0 Å². The molecule has 3 aromatic rings. The third-order valence-corrected chi connectivity index (χ3v) is 5.14. The maximum Gasteiger partial charge on any atom is 0.227 e. The van der Waals surface area contributed by atoms with Gasteiger partial charge in [0.25, 0.3) is 0 Å². The first-order valence-corrected chi connectivity index (χ1v) is 9.50. The number of ether oxygens (including phenoxy) is 1. The van der Waals surface area contributed by atoms with Gasteiger partial charge in [-0.15, -0.1) is 0 Å². The molecule has 4 rings (SSSR count). The van der Waals surface area contributed by atoms with E-state index in [0.717, 1.165) is 41.5 Å². The number of hydrogen-bond acceptors (Lipinski definition) is 4. The normalized spacial score (nSPS) is 14.2. The first-order chi connectivity index (χ1) is 13.7. The summed E-state index contributed by atoms with van der Waals surface area (Å²) in [6.45, 7) is 2.94. The number of piperazine rings is 1. The van der Waals surface area contributed by atoms with Crippen LogP contribution in [-0.4, -0.2) is 54.3 Å². The monoisotopic (exact) mass is 376 g/mol. The van der Waals surface area contributed by atoms with Crippen molar-refractivity contribution in [3.63, 3.8) is 0 Å². The lowest BCUT2D eigenvalue weighted by molar-refractivity contribution is -0.130. The van der Waals surface area contributed by atoms with Crippen LogP contribution in [-0.2, 0) is 11.2 Å². The second kappa shape index (κ2) is 8.17. The fourth-order valence-electron chi connectivity index (χ4n) is 3.55. The summed E-state index contributed by atoms with van der Waals surface area (Å²) in [6.07, 6.45) is 0.366. The van der Waals surface area contributed by atoms with Crippen LogP contribution in [0.15, 0.2) is 60.7 Å². The summed E-state index contributed by atoms with van der Waals surface area (Å²) in [5.74, 6) is 1.83. The lowest BCUT2D eigenvalue weighted by Gasteiger charge is -2.35. The van der Waals surface area contributed by atoms with E-state index in [-0.39, 0.29) is 5.91 Å². The number of aromatic amines is 1. The molecule has 1 aliphatic rings. The van der Waals surface area contributed by atoms with Crippen molar-refractivity contribution in [1.29, 1.82) is 0 Å². The number of aromatic nitrogens is 2. The first kappa shape index (κ1) is 18.1. The third kappa shape index (κ3) is 3.86. The quantitative estimate of drug-likeness (QED) is 0.744. The molecule has 0 bridgehead atoms. The van der Waals surface area contributed by atoms with Crippen molar-refractivity contribution < 1.29 is 9.53 Å². The van der Waals surface area contributed by atoms with Crippen molar-refractivity contribution in [2.45, 2.75) is 6.42 Å². The molecule has 28 heavy (non-hydrogen) atoms.